The molecular formula is C19H15F4N. The van der Waals surface area contributed by atoms with Crippen molar-refractivity contribution in [3.63, 3.8) is 0 Å². The van der Waals surface area contributed by atoms with E-state index in [1.165, 1.54) is 48.6 Å². The normalized spacial score (nSPS) is 13.1. The Hall–Kier alpha value is -2.69. The van der Waals surface area contributed by atoms with E-state index in [1.807, 2.05) is 6.92 Å². The molecule has 2 aromatic rings. The third-order valence-electron chi connectivity index (χ3n) is 3.10. The van der Waals surface area contributed by atoms with E-state index in [9.17, 15) is 17.6 Å². The molecule has 2 rings (SSSR count). The summed E-state index contributed by atoms with van der Waals surface area (Å²) >= 11 is 0. The minimum absolute atomic E-state index is 0.236. The molecule has 0 saturated heterocycles. The van der Waals surface area contributed by atoms with Crippen molar-refractivity contribution in [1.82, 2.24) is 0 Å². The van der Waals surface area contributed by atoms with Crippen LogP contribution in [0, 0.1) is 12.7 Å². The van der Waals surface area contributed by atoms with Crippen LogP contribution in [0.25, 0.3) is 6.08 Å². The monoisotopic (exact) mass is 333 g/mol. The Morgan fingerprint density at radius 3 is 2.12 bits per heavy atom. The van der Waals surface area contributed by atoms with Crippen LogP contribution in [0.4, 0.5) is 23.2 Å². The Labute approximate surface area is 137 Å². The minimum Gasteiger partial charge on any atom is -0.244 e. The number of aliphatic imine (C=N–C) groups is 1. The molecule has 24 heavy (non-hydrogen) atoms. The number of hydrogen-bond donors (Lipinski definition) is 0. The number of nitrogens with zero attached hydrogens (tertiary/aromatic N) is 1. The van der Waals surface area contributed by atoms with E-state index in [2.05, 4.69) is 4.99 Å². The van der Waals surface area contributed by atoms with Crippen molar-refractivity contribution in [2.45, 2.75) is 13.1 Å². The van der Waals surface area contributed by atoms with E-state index >= 15 is 0 Å². The Bertz CT molecular complexity index is 751. The van der Waals surface area contributed by atoms with E-state index < -0.39 is 11.9 Å². The lowest BCUT2D eigenvalue weighted by molar-refractivity contribution is -0.0576. The van der Waals surface area contributed by atoms with Gasteiger partial charge in [0.05, 0.1) is 5.69 Å². The molecule has 0 aliphatic rings. The van der Waals surface area contributed by atoms with E-state index in [4.69, 9.17) is 0 Å². The smallest absolute Gasteiger partial charge is 0.244 e. The van der Waals surface area contributed by atoms with Crippen LogP contribution in [-0.4, -0.2) is 11.9 Å². The van der Waals surface area contributed by atoms with Gasteiger partial charge in [-0.15, -0.1) is 0 Å². The quantitative estimate of drug-likeness (QED) is 0.367. The number of halogens is 4. The second-order valence-electron chi connectivity index (χ2n) is 5.10. The van der Waals surface area contributed by atoms with Crippen LogP contribution in [0.3, 0.4) is 0 Å². The molecule has 1 nitrogen and oxygen atoms in total. The van der Waals surface area contributed by atoms with Gasteiger partial charge in [-0.3, -0.25) is 0 Å². The summed E-state index contributed by atoms with van der Waals surface area (Å²) in [7, 11) is 0. The van der Waals surface area contributed by atoms with Crippen LogP contribution in [0.15, 0.2) is 71.8 Å². The fourth-order valence-electron chi connectivity index (χ4n) is 1.84. The van der Waals surface area contributed by atoms with Gasteiger partial charge in [0, 0.05) is 0 Å². The van der Waals surface area contributed by atoms with Gasteiger partial charge in [-0.05, 0) is 42.8 Å². The van der Waals surface area contributed by atoms with Crippen molar-refractivity contribution in [3.8, 4) is 0 Å². The molecule has 5 heteroatoms. The largest absolute Gasteiger partial charge is 0.433 e. The van der Waals surface area contributed by atoms with E-state index in [0.717, 1.165) is 11.6 Å². The van der Waals surface area contributed by atoms with Crippen molar-refractivity contribution >= 4 is 17.5 Å². The zero-order chi connectivity index (χ0) is 17.6. The molecule has 0 aliphatic heterocycles. The van der Waals surface area contributed by atoms with Gasteiger partial charge in [-0.25, -0.2) is 9.38 Å². The summed E-state index contributed by atoms with van der Waals surface area (Å²) in [5.41, 5.74) is 0.876. The number of benzene rings is 2. The third kappa shape index (κ3) is 5.50. The van der Waals surface area contributed by atoms with Gasteiger partial charge in [0.1, 0.15) is 11.5 Å². The first-order valence-electron chi connectivity index (χ1n) is 7.17. The summed E-state index contributed by atoms with van der Waals surface area (Å²) in [5.74, 6) is -0.368. The SMILES string of the molecule is Cc1ccc(N=C(/C=C/C=C/c2ccc(F)cc2)C(F)(F)F)cc1. The molecule has 0 atom stereocenters. The zero-order valence-corrected chi connectivity index (χ0v) is 12.9. The average Bonchev–Trinajstić information content (AvgIpc) is 2.53. The lowest BCUT2D eigenvalue weighted by Crippen LogP contribution is -2.20. The number of allylic oxidation sites excluding steroid dienone is 3. The van der Waals surface area contributed by atoms with Crippen LogP contribution in [0.1, 0.15) is 11.1 Å². The molecule has 0 aromatic heterocycles. The molecule has 0 aliphatic carbocycles. The van der Waals surface area contributed by atoms with Gasteiger partial charge >= 0.3 is 6.18 Å². The van der Waals surface area contributed by atoms with Gasteiger partial charge < -0.3 is 0 Å². The first-order valence-corrected chi connectivity index (χ1v) is 7.17. The van der Waals surface area contributed by atoms with Gasteiger partial charge in [0.15, 0.2) is 0 Å². The second kappa shape index (κ2) is 7.73. The van der Waals surface area contributed by atoms with E-state index in [0.29, 0.717) is 5.56 Å². The van der Waals surface area contributed by atoms with Crippen LogP contribution in [0.5, 0.6) is 0 Å². The number of rotatable bonds is 4. The second-order valence-corrected chi connectivity index (χ2v) is 5.10. The Morgan fingerprint density at radius 2 is 1.54 bits per heavy atom. The first-order chi connectivity index (χ1) is 11.3. The zero-order valence-electron chi connectivity index (χ0n) is 12.9. The molecule has 0 radical (unpaired) electrons. The van der Waals surface area contributed by atoms with Crippen LogP contribution >= 0.6 is 0 Å². The van der Waals surface area contributed by atoms with Crippen LogP contribution in [0.2, 0.25) is 0 Å². The highest BCUT2D eigenvalue weighted by Crippen LogP contribution is 2.22. The predicted octanol–water partition coefficient (Wildman–Crippen LogP) is 6.04. The molecule has 0 N–H and O–H groups in total. The summed E-state index contributed by atoms with van der Waals surface area (Å²) in [6.45, 7) is 1.85. The summed E-state index contributed by atoms with van der Waals surface area (Å²) in [5, 5.41) is 0. The van der Waals surface area contributed by atoms with Gasteiger partial charge in [0.25, 0.3) is 0 Å². The predicted molar refractivity (Wildman–Crippen MR) is 88.9 cm³/mol. The van der Waals surface area contributed by atoms with Crippen LogP contribution < -0.4 is 0 Å². The maximum Gasteiger partial charge on any atom is 0.433 e. The van der Waals surface area contributed by atoms with E-state index in [1.54, 1.807) is 18.2 Å². The minimum atomic E-state index is -4.55. The topological polar surface area (TPSA) is 12.4 Å². The molecule has 0 saturated carbocycles. The molecule has 124 valence electrons. The summed E-state index contributed by atoms with van der Waals surface area (Å²) < 4.78 is 51.9. The lowest BCUT2D eigenvalue weighted by Gasteiger charge is -2.06. The van der Waals surface area contributed by atoms with Gasteiger partial charge in [0.2, 0.25) is 0 Å². The Kier molecular flexibility index (Phi) is 5.68. The molecule has 0 heterocycles. The standard InChI is InChI=1S/C19H15F4N/c1-14-6-12-17(13-7-14)24-18(19(21,22)23)5-3-2-4-15-8-10-16(20)11-9-15/h2-13H,1H3/b4-2+,5-3+,24-18?. The maximum absolute atomic E-state index is 13.0. The molecule has 0 bridgehead atoms. The van der Waals surface area contributed by atoms with E-state index in [-0.39, 0.29) is 11.5 Å². The fourth-order valence-corrected chi connectivity index (χ4v) is 1.84. The summed E-state index contributed by atoms with van der Waals surface area (Å²) in [4.78, 5) is 3.65. The van der Waals surface area contributed by atoms with Gasteiger partial charge in [-0.2, -0.15) is 13.2 Å². The summed E-state index contributed by atoms with van der Waals surface area (Å²) in [6, 6.07) is 12.1. The highest BCUT2D eigenvalue weighted by Gasteiger charge is 2.33. The van der Waals surface area contributed by atoms with Crippen LogP contribution in [-0.2, 0) is 0 Å². The van der Waals surface area contributed by atoms with Crippen molar-refractivity contribution in [3.05, 3.63) is 83.7 Å². The molecule has 0 spiro atoms. The van der Waals surface area contributed by atoms with Crippen molar-refractivity contribution in [1.29, 1.82) is 0 Å². The maximum atomic E-state index is 13.0. The Morgan fingerprint density at radius 1 is 0.917 bits per heavy atom. The van der Waals surface area contributed by atoms with Crippen molar-refractivity contribution < 1.29 is 17.6 Å². The first kappa shape index (κ1) is 17.7. The third-order valence-corrected chi connectivity index (χ3v) is 3.10. The average molecular weight is 333 g/mol. The highest BCUT2D eigenvalue weighted by molar-refractivity contribution is 6.01. The molecule has 0 fully saturated rings. The highest BCUT2D eigenvalue weighted by atomic mass is 19.4. The Balaban J connectivity index is 2.17. The number of hydrogen-bond acceptors (Lipinski definition) is 1. The molecule has 0 unspecified atom stereocenters. The lowest BCUT2D eigenvalue weighted by atomic mass is 10.2. The molecule has 0 amide bonds. The number of alkyl halides is 3. The number of aryl methyl sites for hydroxylation is 1. The fraction of sp³-hybridized carbons (Fsp3) is 0.105. The molecule has 2 aromatic carbocycles. The molecular weight excluding hydrogens is 318 g/mol. The van der Waals surface area contributed by atoms with Crippen molar-refractivity contribution in [2.24, 2.45) is 4.99 Å². The van der Waals surface area contributed by atoms with Gasteiger partial charge in [-0.1, -0.05) is 48.1 Å². The van der Waals surface area contributed by atoms with Crippen molar-refractivity contribution in [2.75, 3.05) is 0 Å². The summed E-state index contributed by atoms with van der Waals surface area (Å²) in [6.07, 6.45) is 0.633.